The molecule has 0 aromatic heterocycles. The zero-order chi connectivity index (χ0) is 4.83. The maximum absolute atomic E-state index is 11.1. The molecule has 0 unspecified atom stereocenters. The van der Waals surface area contributed by atoms with Crippen LogP contribution in [-0.2, 0) is 4.43 Å². The molecule has 0 aliphatic heterocycles. The molecule has 0 aliphatic rings. The Morgan fingerprint density at radius 1 is 1.83 bits per heavy atom. The number of halogens is 1. The molecule has 0 fully saturated rings. The minimum absolute atomic E-state index is 0.208. The minimum atomic E-state index is -0.453. The molecule has 0 amide bonds. The first kappa shape index (κ1) is 6.11. The molecular weight excluding hydrogens is 99.1 g/mol. The molecule has 0 atom stereocenters. The van der Waals surface area contributed by atoms with E-state index in [-0.39, 0.29) is 6.67 Å². The average Bonchev–Trinajstić information content (AvgIpc) is 1.61. The first-order valence-electron chi connectivity index (χ1n) is 1.96. The van der Waals surface area contributed by atoms with Gasteiger partial charge in [-0.05, 0) is 6.04 Å². The normalized spacial score (nSPS) is 11.0. The highest BCUT2D eigenvalue weighted by Gasteiger charge is 1.79. The van der Waals surface area contributed by atoms with Crippen molar-refractivity contribution in [3.8, 4) is 0 Å². The lowest BCUT2D eigenvalue weighted by Gasteiger charge is -1.86. The van der Waals surface area contributed by atoms with Crippen LogP contribution in [0.15, 0.2) is 0 Å². The molecule has 38 valence electrons. The van der Waals surface area contributed by atoms with Crippen molar-refractivity contribution in [2.45, 2.75) is 6.04 Å². The van der Waals surface area contributed by atoms with Gasteiger partial charge in [0.15, 0.2) is 9.76 Å². The first-order chi connectivity index (χ1) is 2.91. The van der Waals surface area contributed by atoms with Crippen molar-refractivity contribution >= 4 is 9.76 Å². The third-order valence-electron chi connectivity index (χ3n) is 0.482. The van der Waals surface area contributed by atoms with E-state index in [0.717, 1.165) is 0 Å². The van der Waals surface area contributed by atoms with Crippen LogP contribution in [0.1, 0.15) is 0 Å². The summed E-state index contributed by atoms with van der Waals surface area (Å²) in [4.78, 5) is 0. The van der Waals surface area contributed by atoms with Crippen LogP contribution in [0, 0.1) is 0 Å². The van der Waals surface area contributed by atoms with Crippen LogP contribution >= 0.6 is 0 Å². The van der Waals surface area contributed by atoms with Crippen LogP contribution in [-0.4, -0.2) is 23.5 Å². The lowest BCUT2D eigenvalue weighted by atomic mass is 10.9. The van der Waals surface area contributed by atoms with Crippen LogP contribution < -0.4 is 0 Å². The molecule has 0 heterocycles. The summed E-state index contributed by atoms with van der Waals surface area (Å²) >= 11 is 0. The monoisotopic (exact) mass is 108 g/mol. The lowest BCUT2D eigenvalue weighted by Crippen LogP contribution is -1.91. The highest BCUT2D eigenvalue weighted by Crippen LogP contribution is 1.76. The van der Waals surface area contributed by atoms with Gasteiger partial charge in [-0.3, -0.25) is 4.39 Å². The summed E-state index contributed by atoms with van der Waals surface area (Å²) in [5.41, 5.74) is 0. The fourth-order valence-electron chi connectivity index (χ4n) is 0.199. The second kappa shape index (κ2) is 5.11. The van der Waals surface area contributed by atoms with Gasteiger partial charge in [0, 0.05) is 7.11 Å². The molecular formula is C3H9FOSi. The third kappa shape index (κ3) is 4.11. The molecule has 0 spiro atoms. The fraction of sp³-hybridized carbons (Fsp3) is 1.00. The van der Waals surface area contributed by atoms with Gasteiger partial charge in [-0.25, -0.2) is 0 Å². The van der Waals surface area contributed by atoms with E-state index in [2.05, 4.69) is 4.43 Å². The van der Waals surface area contributed by atoms with Gasteiger partial charge in [0.05, 0.1) is 6.67 Å². The minimum Gasteiger partial charge on any atom is -0.427 e. The predicted molar refractivity (Wildman–Crippen MR) is 26.3 cm³/mol. The van der Waals surface area contributed by atoms with Crippen LogP contribution in [0.4, 0.5) is 4.39 Å². The van der Waals surface area contributed by atoms with Gasteiger partial charge in [0.25, 0.3) is 0 Å². The maximum atomic E-state index is 11.1. The zero-order valence-electron chi connectivity index (χ0n) is 3.91. The summed E-state index contributed by atoms with van der Waals surface area (Å²) in [6.45, 7) is -0.208. The van der Waals surface area contributed by atoms with Gasteiger partial charge in [0.1, 0.15) is 0 Å². The Balaban J connectivity index is 2.34. The second-order valence-electron chi connectivity index (χ2n) is 1.04. The largest absolute Gasteiger partial charge is 0.427 e. The smallest absolute Gasteiger partial charge is 0.163 e. The van der Waals surface area contributed by atoms with Crippen LogP contribution in [0.25, 0.3) is 0 Å². The van der Waals surface area contributed by atoms with E-state index in [1.807, 2.05) is 0 Å². The maximum Gasteiger partial charge on any atom is 0.163 e. The van der Waals surface area contributed by atoms with Gasteiger partial charge >= 0.3 is 0 Å². The summed E-state index contributed by atoms with van der Waals surface area (Å²) in [6, 6.07) is 0.663. The Bertz CT molecular complexity index is 22.8. The van der Waals surface area contributed by atoms with Crippen molar-refractivity contribution in [2.24, 2.45) is 0 Å². The van der Waals surface area contributed by atoms with E-state index in [0.29, 0.717) is 6.04 Å². The van der Waals surface area contributed by atoms with E-state index >= 15 is 0 Å². The van der Waals surface area contributed by atoms with Crippen molar-refractivity contribution < 1.29 is 8.82 Å². The first-order valence-corrected chi connectivity index (χ1v) is 3.54. The Morgan fingerprint density at radius 2 is 2.50 bits per heavy atom. The average molecular weight is 108 g/mol. The van der Waals surface area contributed by atoms with Gasteiger partial charge in [0.2, 0.25) is 0 Å². The van der Waals surface area contributed by atoms with E-state index in [4.69, 9.17) is 0 Å². The molecule has 0 rings (SSSR count). The standard InChI is InChI=1S/C3H9FOSi/c1-5-6-3-2-4/h2-3,6H2,1H3. The molecule has 0 N–H and O–H groups in total. The number of hydrogen-bond donors (Lipinski definition) is 0. The van der Waals surface area contributed by atoms with Crippen molar-refractivity contribution in [1.29, 1.82) is 0 Å². The summed E-state index contributed by atoms with van der Waals surface area (Å²) in [5, 5.41) is 0. The molecule has 0 aromatic rings. The van der Waals surface area contributed by atoms with Crippen molar-refractivity contribution in [1.82, 2.24) is 0 Å². The molecule has 0 aromatic carbocycles. The predicted octanol–water partition coefficient (Wildman–Crippen LogP) is 0.104. The fourth-order valence-corrected chi connectivity index (χ4v) is 0.597. The van der Waals surface area contributed by atoms with E-state index in [9.17, 15) is 4.39 Å². The van der Waals surface area contributed by atoms with E-state index < -0.39 is 9.76 Å². The molecule has 0 aliphatic carbocycles. The molecule has 0 saturated heterocycles. The zero-order valence-corrected chi connectivity index (χ0v) is 5.32. The molecule has 1 nitrogen and oxygen atoms in total. The molecule has 3 heteroatoms. The molecule has 6 heavy (non-hydrogen) atoms. The Hall–Kier alpha value is 0.107. The van der Waals surface area contributed by atoms with Crippen LogP contribution in [0.3, 0.4) is 0 Å². The Kier molecular flexibility index (Phi) is 5.20. The summed E-state index contributed by atoms with van der Waals surface area (Å²) < 4.78 is 15.8. The molecule has 0 bridgehead atoms. The van der Waals surface area contributed by atoms with Gasteiger partial charge in [-0.2, -0.15) is 0 Å². The van der Waals surface area contributed by atoms with Crippen molar-refractivity contribution in [2.75, 3.05) is 13.8 Å². The summed E-state index contributed by atoms with van der Waals surface area (Å²) in [5.74, 6) is 0. The quantitative estimate of drug-likeness (QED) is 0.368. The summed E-state index contributed by atoms with van der Waals surface area (Å²) in [7, 11) is 1.17. The van der Waals surface area contributed by atoms with Crippen molar-refractivity contribution in [3.05, 3.63) is 0 Å². The highest BCUT2D eigenvalue weighted by atomic mass is 28.2. The van der Waals surface area contributed by atoms with Crippen molar-refractivity contribution in [3.63, 3.8) is 0 Å². The Morgan fingerprint density at radius 3 is 2.67 bits per heavy atom. The summed E-state index contributed by atoms with van der Waals surface area (Å²) in [6.07, 6.45) is 0. The Labute approximate surface area is 39.4 Å². The molecule has 0 saturated carbocycles. The SMILES string of the molecule is CO[SiH2]CCF. The lowest BCUT2D eigenvalue weighted by molar-refractivity contribution is 0.429. The van der Waals surface area contributed by atoms with Gasteiger partial charge < -0.3 is 4.43 Å². The van der Waals surface area contributed by atoms with Gasteiger partial charge in [-0.1, -0.05) is 0 Å². The molecule has 0 radical (unpaired) electrons. The van der Waals surface area contributed by atoms with E-state index in [1.54, 1.807) is 7.11 Å². The van der Waals surface area contributed by atoms with E-state index in [1.165, 1.54) is 0 Å². The number of rotatable bonds is 3. The third-order valence-corrected chi connectivity index (χ3v) is 1.45. The number of alkyl halides is 1. The second-order valence-corrected chi connectivity index (χ2v) is 2.73. The topological polar surface area (TPSA) is 9.23 Å². The van der Waals surface area contributed by atoms with Gasteiger partial charge in [-0.15, -0.1) is 0 Å². The highest BCUT2D eigenvalue weighted by molar-refractivity contribution is 6.26. The van der Waals surface area contributed by atoms with Crippen LogP contribution in [0.5, 0.6) is 0 Å². The van der Waals surface area contributed by atoms with Crippen LogP contribution in [0.2, 0.25) is 6.04 Å². The number of hydrogen-bond acceptors (Lipinski definition) is 1.